The molecule has 1 aromatic heterocycles. The lowest BCUT2D eigenvalue weighted by atomic mass is 10.0. The molecule has 1 aliphatic rings. The highest BCUT2D eigenvalue weighted by Crippen LogP contribution is 2.37. The molecule has 1 N–H and O–H groups in total. The Kier molecular flexibility index (Phi) is 6.47. The SMILES string of the molecule is O=C(COc1ccccc1)Nc1ccc2nc(SCC(=O)c3ccc4c(c3)Cc3ccccc3-4)sc2c1. The van der Waals surface area contributed by atoms with Crippen LogP contribution in [0.2, 0.25) is 0 Å². The van der Waals surface area contributed by atoms with Crippen LogP contribution in [0.15, 0.2) is 95.3 Å². The van der Waals surface area contributed by atoms with E-state index in [2.05, 4.69) is 40.6 Å². The predicted molar refractivity (Wildman–Crippen MR) is 150 cm³/mol. The van der Waals surface area contributed by atoms with Crippen LogP contribution in [0.4, 0.5) is 5.69 Å². The standard InChI is InChI=1S/C30H22N2O3S2/c33-27(20-10-12-25-21(15-20)14-19-6-4-5-9-24(19)25)18-36-30-32-26-13-11-22(16-28(26)37-30)31-29(34)17-35-23-7-2-1-3-8-23/h1-13,15-16H,14,17-18H2,(H,31,34). The molecule has 37 heavy (non-hydrogen) atoms. The number of thiazole rings is 1. The fourth-order valence-corrected chi connectivity index (χ4v) is 6.44. The molecule has 0 saturated heterocycles. The molecule has 1 aliphatic carbocycles. The normalized spacial score (nSPS) is 11.7. The number of aromatic nitrogens is 1. The van der Waals surface area contributed by atoms with Crippen molar-refractivity contribution in [1.29, 1.82) is 0 Å². The zero-order valence-electron chi connectivity index (χ0n) is 19.8. The third-order valence-corrected chi connectivity index (χ3v) is 8.37. The van der Waals surface area contributed by atoms with Crippen LogP contribution in [0.5, 0.6) is 5.75 Å². The number of nitrogens with one attached hydrogen (secondary N) is 1. The van der Waals surface area contributed by atoms with Gasteiger partial charge in [0.25, 0.3) is 5.91 Å². The highest BCUT2D eigenvalue weighted by molar-refractivity contribution is 8.01. The number of fused-ring (bicyclic) bond motifs is 4. The number of anilines is 1. The number of ether oxygens (including phenoxy) is 1. The van der Waals surface area contributed by atoms with Gasteiger partial charge in [-0.25, -0.2) is 4.98 Å². The van der Waals surface area contributed by atoms with Crippen LogP contribution >= 0.6 is 23.1 Å². The van der Waals surface area contributed by atoms with Gasteiger partial charge in [0.05, 0.1) is 16.0 Å². The summed E-state index contributed by atoms with van der Waals surface area (Å²) in [7, 11) is 0. The summed E-state index contributed by atoms with van der Waals surface area (Å²) >= 11 is 2.96. The second-order valence-corrected chi connectivity index (χ2v) is 11.0. The number of Topliss-reactive ketones (excluding diaryl/α,β-unsaturated/α-hetero) is 1. The minimum atomic E-state index is -0.231. The van der Waals surface area contributed by atoms with Crippen molar-refractivity contribution in [2.45, 2.75) is 10.8 Å². The molecule has 0 bridgehead atoms. The molecular formula is C30H22N2O3S2. The van der Waals surface area contributed by atoms with Gasteiger partial charge >= 0.3 is 0 Å². The minimum absolute atomic E-state index is 0.0667. The second-order valence-electron chi connectivity index (χ2n) is 8.73. The average molecular weight is 523 g/mol. The molecule has 182 valence electrons. The molecule has 0 fully saturated rings. The lowest BCUT2D eigenvalue weighted by molar-refractivity contribution is -0.118. The van der Waals surface area contributed by atoms with E-state index in [-0.39, 0.29) is 18.3 Å². The summed E-state index contributed by atoms with van der Waals surface area (Å²) in [5.41, 5.74) is 7.27. The van der Waals surface area contributed by atoms with Crippen molar-refractivity contribution >= 4 is 50.7 Å². The Morgan fingerprint density at radius 2 is 1.70 bits per heavy atom. The van der Waals surface area contributed by atoms with Crippen LogP contribution in [0, 0.1) is 0 Å². The van der Waals surface area contributed by atoms with Gasteiger partial charge in [-0.2, -0.15) is 0 Å². The van der Waals surface area contributed by atoms with Gasteiger partial charge in [0.2, 0.25) is 0 Å². The van der Waals surface area contributed by atoms with Crippen LogP contribution in [0.1, 0.15) is 21.5 Å². The first-order valence-electron chi connectivity index (χ1n) is 11.9. The molecule has 0 spiro atoms. The number of nitrogens with zero attached hydrogens (tertiary/aromatic N) is 1. The van der Waals surface area contributed by atoms with E-state index < -0.39 is 0 Å². The molecule has 0 saturated carbocycles. The maximum Gasteiger partial charge on any atom is 0.262 e. The highest BCUT2D eigenvalue weighted by atomic mass is 32.2. The molecule has 5 nitrogen and oxygen atoms in total. The molecule has 0 atom stereocenters. The van der Waals surface area contributed by atoms with E-state index in [9.17, 15) is 9.59 Å². The zero-order chi connectivity index (χ0) is 25.2. The molecule has 5 aromatic rings. The maximum atomic E-state index is 12.9. The first-order chi connectivity index (χ1) is 18.1. The Morgan fingerprint density at radius 1 is 0.892 bits per heavy atom. The molecule has 1 heterocycles. The molecule has 4 aromatic carbocycles. The van der Waals surface area contributed by atoms with Gasteiger partial charge in [0, 0.05) is 11.3 Å². The number of para-hydroxylation sites is 1. The van der Waals surface area contributed by atoms with Gasteiger partial charge in [0.1, 0.15) is 5.75 Å². The summed E-state index contributed by atoms with van der Waals surface area (Å²) in [5, 5.41) is 2.87. The quantitative estimate of drug-likeness (QED) is 0.175. The third-order valence-electron chi connectivity index (χ3n) is 6.21. The first kappa shape index (κ1) is 23.5. The topological polar surface area (TPSA) is 68.3 Å². The Morgan fingerprint density at radius 3 is 2.59 bits per heavy atom. The summed E-state index contributed by atoms with van der Waals surface area (Å²) in [6, 6.07) is 29.3. The smallest absolute Gasteiger partial charge is 0.262 e. The van der Waals surface area contributed by atoms with Gasteiger partial charge in [0.15, 0.2) is 16.7 Å². The van der Waals surface area contributed by atoms with Crippen molar-refractivity contribution in [3.8, 4) is 16.9 Å². The van der Waals surface area contributed by atoms with Gasteiger partial charge in [-0.05, 0) is 65.1 Å². The number of hydrogen-bond donors (Lipinski definition) is 1. The Bertz CT molecular complexity index is 1630. The van der Waals surface area contributed by atoms with E-state index >= 15 is 0 Å². The molecule has 1 amide bonds. The lowest BCUT2D eigenvalue weighted by Crippen LogP contribution is -2.20. The maximum absolute atomic E-state index is 12.9. The number of rotatable bonds is 8. The molecule has 0 unspecified atom stereocenters. The monoisotopic (exact) mass is 522 g/mol. The van der Waals surface area contributed by atoms with Crippen molar-refractivity contribution in [3.05, 3.63) is 108 Å². The Balaban J connectivity index is 1.07. The summed E-state index contributed by atoms with van der Waals surface area (Å²) in [6.45, 7) is -0.0667. The lowest BCUT2D eigenvalue weighted by Gasteiger charge is -2.07. The van der Waals surface area contributed by atoms with Crippen LogP contribution in [-0.2, 0) is 11.2 Å². The van der Waals surface area contributed by atoms with Crippen molar-refractivity contribution in [3.63, 3.8) is 0 Å². The number of benzene rings is 4. The summed E-state index contributed by atoms with van der Waals surface area (Å²) in [4.78, 5) is 29.9. The van der Waals surface area contributed by atoms with E-state index in [4.69, 9.17) is 4.74 Å². The second kappa shape index (κ2) is 10.2. The van der Waals surface area contributed by atoms with Crippen LogP contribution in [-0.4, -0.2) is 29.0 Å². The molecule has 0 radical (unpaired) electrons. The molecule has 6 rings (SSSR count). The van der Waals surface area contributed by atoms with E-state index in [1.165, 1.54) is 45.4 Å². The van der Waals surface area contributed by atoms with Gasteiger partial charge in [-0.3, -0.25) is 9.59 Å². The fraction of sp³-hybridized carbons (Fsp3) is 0.100. The number of hydrogen-bond acceptors (Lipinski definition) is 6. The van der Waals surface area contributed by atoms with Crippen LogP contribution < -0.4 is 10.1 Å². The molecule has 0 aliphatic heterocycles. The van der Waals surface area contributed by atoms with E-state index in [0.29, 0.717) is 17.2 Å². The minimum Gasteiger partial charge on any atom is -0.484 e. The number of amides is 1. The van der Waals surface area contributed by atoms with Crippen LogP contribution in [0.3, 0.4) is 0 Å². The fourth-order valence-electron chi connectivity index (χ4n) is 4.43. The molecule has 7 heteroatoms. The highest BCUT2D eigenvalue weighted by Gasteiger charge is 2.19. The number of thioether (sulfide) groups is 1. The van der Waals surface area contributed by atoms with Crippen molar-refractivity contribution in [1.82, 2.24) is 4.98 Å². The Hall–Kier alpha value is -3.94. The zero-order valence-corrected chi connectivity index (χ0v) is 21.4. The first-order valence-corrected chi connectivity index (χ1v) is 13.7. The summed E-state index contributed by atoms with van der Waals surface area (Å²) in [6.07, 6.45) is 0.870. The van der Waals surface area contributed by atoms with Gasteiger partial charge < -0.3 is 10.1 Å². The van der Waals surface area contributed by atoms with Crippen molar-refractivity contribution in [2.75, 3.05) is 17.7 Å². The van der Waals surface area contributed by atoms with E-state index in [1.807, 2.05) is 60.7 Å². The van der Waals surface area contributed by atoms with Crippen LogP contribution in [0.25, 0.3) is 21.3 Å². The number of ketones is 1. The van der Waals surface area contributed by atoms with E-state index in [1.54, 1.807) is 0 Å². The number of carbonyl (C=O) groups is 2. The van der Waals surface area contributed by atoms with Crippen molar-refractivity contribution < 1.29 is 14.3 Å². The largest absolute Gasteiger partial charge is 0.484 e. The Labute approximate surface area is 222 Å². The summed E-state index contributed by atoms with van der Waals surface area (Å²) < 4.78 is 7.28. The van der Waals surface area contributed by atoms with Gasteiger partial charge in [-0.15, -0.1) is 11.3 Å². The van der Waals surface area contributed by atoms with Gasteiger partial charge in [-0.1, -0.05) is 66.4 Å². The number of carbonyl (C=O) groups excluding carboxylic acids is 2. The predicted octanol–water partition coefficient (Wildman–Crippen LogP) is 6.86. The summed E-state index contributed by atoms with van der Waals surface area (Å²) in [5.74, 6) is 0.836. The average Bonchev–Trinajstić information content (AvgIpc) is 3.51. The third kappa shape index (κ3) is 5.14. The van der Waals surface area contributed by atoms with Crippen molar-refractivity contribution in [2.24, 2.45) is 0 Å². The van der Waals surface area contributed by atoms with E-state index in [0.717, 1.165) is 26.5 Å². The molecular weight excluding hydrogens is 500 g/mol.